The van der Waals surface area contributed by atoms with Gasteiger partial charge in [0.25, 0.3) is 5.91 Å². The number of hydrogen-bond acceptors (Lipinski definition) is 6. The summed E-state index contributed by atoms with van der Waals surface area (Å²) in [5.41, 5.74) is 0. The zero-order chi connectivity index (χ0) is 19.7. The van der Waals surface area contributed by atoms with Crippen LogP contribution >= 0.6 is 0 Å². The van der Waals surface area contributed by atoms with E-state index in [0.29, 0.717) is 38.6 Å². The summed E-state index contributed by atoms with van der Waals surface area (Å²) in [5.74, 6) is -0.934. The quantitative estimate of drug-likeness (QED) is 0.578. The van der Waals surface area contributed by atoms with Gasteiger partial charge in [-0.1, -0.05) is 13.8 Å². The van der Waals surface area contributed by atoms with Crippen molar-refractivity contribution in [2.24, 2.45) is 11.8 Å². The van der Waals surface area contributed by atoms with Crippen molar-refractivity contribution in [3.63, 3.8) is 0 Å². The average Bonchev–Trinajstić information content (AvgIpc) is 2.60. The smallest absolute Gasteiger partial charge is 0.335 e. The third-order valence-corrected chi connectivity index (χ3v) is 4.39. The van der Waals surface area contributed by atoms with Crippen molar-refractivity contribution in [3.8, 4) is 0 Å². The van der Waals surface area contributed by atoms with Crippen molar-refractivity contribution >= 4 is 17.8 Å². The number of ether oxygens (including phenoxy) is 3. The highest BCUT2D eigenvalue weighted by molar-refractivity contribution is 5.85. The third kappa shape index (κ3) is 7.32. The lowest BCUT2D eigenvalue weighted by atomic mass is 9.98. The van der Waals surface area contributed by atoms with Gasteiger partial charge in [-0.15, -0.1) is 0 Å². The minimum atomic E-state index is -0.903. The van der Waals surface area contributed by atoms with Gasteiger partial charge in [0.1, 0.15) is 0 Å². The molecule has 0 aliphatic carbocycles. The Bertz CT molecular complexity index is 479. The Morgan fingerprint density at radius 1 is 1.12 bits per heavy atom. The van der Waals surface area contributed by atoms with Crippen LogP contribution in [0.15, 0.2) is 0 Å². The molecule has 3 atom stereocenters. The third-order valence-electron chi connectivity index (χ3n) is 4.39. The Labute approximate surface area is 156 Å². The monoisotopic (exact) mass is 371 g/mol. The summed E-state index contributed by atoms with van der Waals surface area (Å²) in [4.78, 5) is 38.1. The molecule has 0 N–H and O–H groups in total. The van der Waals surface area contributed by atoms with Crippen molar-refractivity contribution in [1.29, 1.82) is 0 Å². The highest BCUT2D eigenvalue weighted by atomic mass is 16.6. The average molecular weight is 371 g/mol. The molecule has 1 saturated heterocycles. The van der Waals surface area contributed by atoms with Crippen LogP contribution in [0.25, 0.3) is 0 Å². The number of hydrogen-bond donors (Lipinski definition) is 0. The second-order valence-corrected chi connectivity index (χ2v) is 7.15. The van der Waals surface area contributed by atoms with Gasteiger partial charge in [-0.05, 0) is 46.0 Å². The Morgan fingerprint density at radius 2 is 1.81 bits per heavy atom. The Hall–Kier alpha value is -1.63. The van der Waals surface area contributed by atoms with E-state index in [1.807, 2.05) is 0 Å². The Morgan fingerprint density at radius 3 is 2.42 bits per heavy atom. The molecule has 7 heteroatoms. The van der Waals surface area contributed by atoms with Crippen LogP contribution in [0.5, 0.6) is 0 Å². The number of piperidine rings is 1. The van der Waals surface area contributed by atoms with Gasteiger partial charge in [-0.3, -0.25) is 9.59 Å². The van der Waals surface area contributed by atoms with Gasteiger partial charge in [-0.2, -0.15) is 0 Å². The first-order chi connectivity index (χ1) is 12.3. The first-order valence-corrected chi connectivity index (χ1v) is 9.53. The predicted molar refractivity (Wildman–Crippen MR) is 96.4 cm³/mol. The van der Waals surface area contributed by atoms with Crippen molar-refractivity contribution in [2.45, 2.75) is 66.1 Å². The SMILES string of the molecule is CCOC(=O)C1CCCN(C(=O)C(C)OC(=O)C(C)OCCC(C)C)C1. The molecule has 1 aliphatic heterocycles. The van der Waals surface area contributed by atoms with Crippen LogP contribution in [0.1, 0.15) is 53.9 Å². The largest absolute Gasteiger partial charge is 0.466 e. The lowest BCUT2D eigenvalue weighted by Gasteiger charge is -2.33. The second-order valence-electron chi connectivity index (χ2n) is 7.15. The van der Waals surface area contributed by atoms with E-state index in [1.54, 1.807) is 25.7 Å². The fraction of sp³-hybridized carbons (Fsp3) is 0.842. The van der Waals surface area contributed by atoms with E-state index in [0.717, 1.165) is 12.8 Å². The normalized spacial score (nSPS) is 19.8. The molecule has 0 bridgehead atoms. The van der Waals surface area contributed by atoms with Gasteiger partial charge in [0.2, 0.25) is 0 Å². The Balaban J connectivity index is 2.47. The van der Waals surface area contributed by atoms with Crippen LogP contribution in [0, 0.1) is 11.8 Å². The summed E-state index contributed by atoms with van der Waals surface area (Å²) >= 11 is 0. The van der Waals surface area contributed by atoms with Gasteiger partial charge < -0.3 is 19.1 Å². The fourth-order valence-electron chi connectivity index (χ4n) is 2.76. The molecule has 26 heavy (non-hydrogen) atoms. The number of rotatable bonds is 9. The summed E-state index contributed by atoms with van der Waals surface area (Å²) in [6, 6.07) is 0. The van der Waals surface area contributed by atoms with Crippen LogP contribution in [0.3, 0.4) is 0 Å². The summed E-state index contributed by atoms with van der Waals surface area (Å²) in [6.45, 7) is 10.7. The zero-order valence-corrected chi connectivity index (χ0v) is 16.7. The fourth-order valence-corrected chi connectivity index (χ4v) is 2.76. The van der Waals surface area contributed by atoms with Crippen LogP contribution in [-0.4, -0.2) is 61.3 Å². The topological polar surface area (TPSA) is 82.1 Å². The summed E-state index contributed by atoms with van der Waals surface area (Å²) in [5, 5.41) is 0. The van der Waals surface area contributed by atoms with Crippen LogP contribution in [0.2, 0.25) is 0 Å². The van der Waals surface area contributed by atoms with E-state index >= 15 is 0 Å². The summed E-state index contributed by atoms with van der Waals surface area (Å²) in [6.07, 6.45) is 0.675. The molecule has 1 fully saturated rings. The van der Waals surface area contributed by atoms with Crippen molar-refractivity contribution in [3.05, 3.63) is 0 Å². The van der Waals surface area contributed by atoms with Crippen molar-refractivity contribution in [2.75, 3.05) is 26.3 Å². The standard InChI is InChI=1S/C19H33NO6/c1-6-24-19(23)16-8-7-10-20(12-16)17(21)14(4)26-18(22)15(5)25-11-9-13(2)3/h13-16H,6-12H2,1-5H3. The molecule has 1 rings (SSSR count). The maximum Gasteiger partial charge on any atom is 0.335 e. The number of carbonyl (C=O) groups excluding carboxylic acids is 3. The Kier molecular flexibility index (Phi) is 9.62. The number of nitrogens with zero attached hydrogens (tertiary/aromatic N) is 1. The molecule has 0 aromatic rings. The maximum atomic E-state index is 12.5. The van der Waals surface area contributed by atoms with Gasteiger partial charge in [0.05, 0.1) is 12.5 Å². The highest BCUT2D eigenvalue weighted by Crippen LogP contribution is 2.19. The molecule has 3 unspecified atom stereocenters. The zero-order valence-electron chi connectivity index (χ0n) is 16.7. The molecule has 0 saturated carbocycles. The molecule has 0 aromatic carbocycles. The predicted octanol–water partition coefficient (Wildman–Crippen LogP) is 2.17. The maximum absolute atomic E-state index is 12.5. The van der Waals surface area contributed by atoms with E-state index in [2.05, 4.69) is 13.8 Å². The summed E-state index contributed by atoms with van der Waals surface area (Å²) in [7, 11) is 0. The van der Waals surface area contributed by atoms with Crippen molar-refractivity contribution < 1.29 is 28.6 Å². The van der Waals surface area contributed by atoms with E-state index in [4.69, 9.17) is 14.2 Å². The van der Waals surface area contributed by atoms with E-state index in [1.165, 1.54) is 0 Å². The number of likely N-dealkylation sites (tertiary alicyclic amines) is 1. The first kappa shape index (κ1) is 22.4. The van der Waals surface area contributed by atoms with E-state index < -0.39 is 18.2 Å². The van der Waals surface area contributed by atoms with Gasteiger partial charge in [0.15, 0.2) is 12.2 Å². The molecule has 1 amide bonds. The molecule has 7 nitrogen and oxygen atoms in total. The minimum Gasteiger partial charge on any atom is -0.466 e. The molecule has 1 heterocycles. The molecule has 150 valence electrons. The first-order valence-electron chi connectivity index (χ1n) is 9.53. The molecule has 1 aliphatic rings. The van der Waals surface area contributed by atoms with Gasteiger partial charge in [0, 0.05) is 19.7 Å². The van der Waals surface area contributed by atoms with Crippen LogP contribution < -0.4 is 0 Å². The highest BCUT2D eigenvalue weighted by Gasteiger charge is 2.33. The number of esters is 2. The summed E-state index contributed by atoms with van der Waals surface area (Å²) < 4.78 is 15.8. The van der Waals surface area contributed by atoms with E-state index in [-0.39, 0.29) is 17.8 Å². The molecular formula is C19H33NO6. The van der Waals surface area contributed by atoms with Crippen LogP contribution in [-0.2, 0) is 28.6 Å². The molecule has 0 radical (unpaired) electrons. The molecule has 0 aromatic heterocycles. The van der Waals surface area contributed by atoms with Gasteiger partial charge in [-0.25, -0.2) is 4.79 Å². The van der Waals surface area contributed by atoms with Gasteiger partial charge >= 0.3 is 11.9 Å². The van der Waals surface area contributed by atoms with Crippen molar-refractivity contribution in [1.82, 2.24) is 4.90 Å². The molecular weight excluding hydrogens is 338 g/mol. The van der Waals surface area contributed by atoms with Crippen LogP contribution in [0.4, 0.5) is 0 Å². The lowest BCUT2D eigenvalue weighted by Crippen LogP contribution is -2.47. The molecule has 0 spiro atoms. The minimum absolute atomic E-state index is 0.276. The van der Waals surface area contributed by atoms with E-state index in [9.17, 15) is 14.4 Å². The second kappa shape index (κ2) is 11.2. The lowest BCUT2D eigenvalue weighted by molar-refractivity contribution is -0.169. The number of amides is 1. The number of carbonyl (C=O) groups is 3.